The van der Waals surface area contributed by atoms with E-state index in [-0.39, 0.29) is 11.4 Å². The van der Waals surface area contributed by atoms with Crippen LogP contribution in [0.15, 0.2) is 36.7 Å². The second-order valence-corrected chi connectivity index (χ2v) is 7.29. The number of carbonyl (C=O) groups excluding carboxylic acids is 1. The molecule has 0 radical (unpaired) electrons. The standard InChI is InChI=1S/C19H23N5O2/c1-11(25)12-6-5-7-13(8-12)22-15-10-21-17-16(23-15)14(9-20-17)18(26)24-19(2,3)4/h5-11,25H,1-4H3,(H,20,21)(H,22,23)(H,24,26). The number of aromatic nitrogens is 3. The molecule has 2 heterocycles. The van der Waals surface area contributed by atoms with Gasteiger partial charge in [-0.15, -0.1) is 0 Å². The highest BCUT2D eigenvalue weighted by atomic mass is 16.3. The molecule has 2 aromatic heterocycles. The van der Waals surface area contributed by atoms with Crippen molar-refractivity contribution in [1.82, 2.24) is 20.3 Å². The fourth-order valence-electron chi connectivity index (χ4n) is 2.56. The molecule has 3 rings (SSSR count). The van der Waals surface area contributed by atoms with Gasteiger partial charge in [0.25, 0.3) is 5.91 Å². The van der Waals surface area contributed by atoms with Crippen molar-refractivity contribution in [2.75, 3.05) is 5.32 Å². The number of benzene rings is 1. The lowest BCUT2D eigenvalue weighted by molar-refractivity contribution is 0.0921. The predicted molar refractivity (Wildman–Crippen MR) is 101 cm³/mol. The molecule has 3 aromatic rings. The monoisotopic (exact) mass is 353 g/mol. The molecule has 0 saturated heterocycles. The van der Waals surface area contributed by atoms with Gasteiger partial charge in [-0.2, -0.15) is 0 Å². The summed E-state index contributed by atoms with van der Waals surface area (Å²) in [6.45, 7) is 7.49. The third kappa shape index (κ3) is 4.00. The number of fused-ring (bicyclic) bond motifs is 1. The van der Waals surface area contributed by atoms with E-state index in [0.717, 1.165) is 11.3 Å². The second-order valence-electron chi connectivity index (χ2n) is 7.29. The van der Waals surface area contributed by atoms with Crippen molar-refractivity contribution in [3.05, 3.63) is 47.8 Å². The zero-order chi connectivity index (χ0) is 18.9. The average molecular weight is 353 g/mol. The Morgan fingerprint density at radius 3 is 2.77 bits per heavy atom. The van der Waals surface area contributed by atoms with Crippen LogP contribution in [-0.2, 0) is 0 Å². The zero-order valence-electron chi connectivity index (χ0n) is 15.3. The number of aromatic amines is 1. The first kappa shape index (κ1) is 17.9. The van der Waals surface area contributed by atoms with Gasteiger partial charge in [0, 0.05) is 17.4 Å². The Bertz CT molecular complexity index is 940. The highest BCUT2D eigenvalue weighted by Crippen LogP contribution is 2.22. The molecule has 0 bridgehead atoms. The Morgan fingerprint density at radius 1 is 1.31 bits per heavy atom. The van der Waals surface area contributed by atoms with Crippen molar-refractivity contribution in [3.63, 3.8) is 0 Å². The molecule has 136 valence electrons. The molecule has 0 aliphatic carbocycles. The summed E-state index contributed by atoms with van der Waals surface area (Å²) in [6.07, 6.45) is 2.66. The van der Waals surface area contributed by atoms with Gasteiger partial charge in [-0.25, -0.2) is 9.97 Å². The van der Waals surface area contributed by atoms with Gasteiger partial charge in [0.05, 0.1) is 17.9 Å². The maximum Gasteiger partial charge on any atom is 0.255 e. The Kier molecular flexibility index (Phi) is 4.65. The molecule has 7 heteroatoms. The Morgan fingerprint density at radius 2 is 2.08 bits per heavy atom. The van der Waals surface area contributed by atoms with Gasteiger partial charge >= 0.3 is 0 Å². The van der Waals surface area contributed by atoms with E-state index in [1.165, 1.54) is 0 Å². The van der Waals surface area contributed by atoms with Crippen LogP contribution in [0.1, 0.15) is 49.7 Å². The highest BCUT2D eigenvalue weighted by Gasteiger charge is 2.19. The van der Waals surface area contributed by atoms with Crippen LogP contribution in [-0.4, -0.2) is 31.5 Å². The first-order chi connectivity index (χ1) is 12.2. The Labute approximate surface area is 151 Å². The highest BCUT2D eigenvalue weighted by molar-refractivity contribution is 6.04. The molecule has 0 aliphatic rings. The number of hydrogen-bond donors (Lipinski definition) is 4. The first-order valence-corrected chi connectivity index (χ1v) is 8.44. The molecule has 4 N–H and O–H groups in total. The minimum absolute atomic E-state index is 0.202. The number of hydrogen-bond acceptors (Lipinski definition) is 5. The lowest BCUT2D eigenvalue weighted by atomic mass is 10.1. The number of nitrogens with zero attached hydrogens (tertiary/aromatic N) is 2. The van der Waals surface area contributed by atoms with E-state index in [0.29, 0.717) is 22.5 Å². The van der Waals surface area contributed by atoms with Crippen LogP contribution in [0.4, 0.5) is 11.5 Å². The van der Waals surface area contributed by atoms with Crippen molar-refractivity contribution in [2.24, 2.45) is 0 Å². The summed E-state index contributed by atoms with van der Waals surface area (Å²) in [4.78, 5) is 24.3. The molecular formula is C19H23N5O2. The maximum absolute atomic E-state index is 12.5. The molecule has 0 fully saturated rings. The van der Waals surface area contributed by atoms with Gasteiger partial charge < -0.3 is 20.7 Å². The van der Waals surface area contributed by atoms with Crippen molar-refractivity contribution in [2.45, 2.75) is 39.3 Å². The minimum atomic E-state index is -0.553. The largest absolute Gasteiger partial charge is 0.389 e. The number of nitrogens with one attached hydrogen (secondary N) is 3. The van der Waals surface area contributed by atoms with Crippen LogP contribution in [0.3, 0.4) is 0 Å². The summed E-state index contributed by atoms with van der Waals surface area (Å²) in [5.41, 5.74) is 2.74. The van der Waals surface area contributed by atoms with Crippen LogP contribution in [0.2, 0.25) is 0 Å². The van der Waals surface area contributed by atoms with Crippen LogP contribution in [0.5, 0.6) is 0 Å². The third-order valence-corrected chi connectivity index (χ3v) is 3.76. The summed E-state index contributed by atoms with van der Waals surface area (Å²) in [6, 6.07) is 7.43. The van der Waals surface area contributed by atoms with E-state index in [4.69, 9.17) is 0 Å². The predicted octanol–water partition coefficient (Wildman–Crippen LogP) is 3.28. The minimum Gasteiger partial charge on any atom is -0.389 e. The smallest absolute Gasteiger partial charge is 0.255 e. The van der Waals surface area contributed by atoms with Crippen LogP contribution in [0.25, 0.3) is 11.2 Å². The third-order valence-electron chi connectivity index (χ3n) is 3.76. The van der Waals surface area contributed by atoms with Gasteiger partial charge in [0.15, 0.2) is 5.65 Å². The van der Waals surface area contributed by atoms with Crippen molar-refractivity contribution in [1.29, 1.82) is 0 Å². The van der Waals surface area contributed by atoms with E-state index < -0.39 is 6.10 Å². The van der Waals surface area contributed by atoms with Crippen LogP contribution >= 0.6 is 0 Å². The molecule has 1 aromatic carbocycles. The van der Waals surface area contributed by atoms with E-state index in [2.05, 4.69) is 25.6 Å². The maximum atomic E-state index is 12.5. The van der Waals surface area contributed by atoms with Crippen LogP contribution in [0, 0.1) is 0 Å². The van der Waals surface area contributed by atoms with E-state index in [9.17, 15) is 9.90 Å². The van der Waals surface area contributed by atoms with Crippen molar-refractivity contribution in [3.8, 4) is 0 Å². The molecule has 0 saturated carbocycles. The number of aliphatic hydroxyl groups is 1. The molecule has 1 amide bonds. The number of carbonyl (C=O) groups is 1. The van der Waals surface area contributed by atoms with E-state index >= 15 is 0 Å². The Balaban J connectivity index is 1.90. The van der Waals surface area contributed by atoms with Crippen molar-refractivity contribution < 1.29 is 9.90 Å². The summed E-state index contributed by atoms with van der Waals surface area (Å²) in [5, 5.41) is 15.8. The Hall–Kier alpha value is -2.93. The van der Waals surface area contributed by atoms with Crippen molar-refractivity contribution >= 4 is 28.6 Å². The number of anilines is 2. The summed E-state index contributed by atoms with van der Waals surface area (Å²) in [7, 11) is 0. The second kappa shape index (κ2) is 6.76. The molecule has 1 atom stereocenters. The normalized spacial score (nSPS) is 12.8. The molecule has 1 unspecified atom stereocenters. The molecular weight excluding hydrogens is 330 g/mol. The number of amides is 1. The summed E-state index contributed by atoms with van der Waals surface area (Å²) in [5.74, 6) is 0.316. The topological polar surface area (TPSA) is 103 Å². The SMILES string of the molecule is CC(O)c1cccc(Nc2cnc3[nH]cc(C(=O)NC(C)(C)C)c3n2)c1. The van der Waals surface area contributed by atoms with Gasteiger partial charge in [-0.05, 0) is 45.4 Å². The molecule has 0 spiro atoms. The van der Waals surface area contributed by atoms with Crippen LogP contribution < -0.4 is 10.6 Å². The number of H-pyrrole nitrogens is 1. The lowest BCUT2D eigenvalue weighted by Crippen LogP contribution is -2.40. The fraction of sp³-hybridized carbons (Fsp3) is 0.316. The fourth-order valence-corrected chi connectivity index (χ4v) is 2.56. The quantitative estimate of drug-likeness (QED) is 0.576. The zero-order valence-corrected chi connectivity index (χ0v) is 15.3. The molecule has 7 nitrogen and oxygen atoms in total. The summed E-state index contributed by atoms with van der Waals surface area (Å²) < 4.78 is 0. The first-order valence-electron chi connectivity index (χ1n) is 8.44. The van der Waals surface area contributed by atoms with Gasteiger partial charge in [0.2, 0.25) is 0 Å². The van der Waals surface area contributed by atoms with Gasteiger partial charge in [0.1, 0.15) is 11.3 Å². The summed E-state index contributed by atoms with van der Waals surface area (Å²) >= 11 is 0. The van der Waals surface area contributed by atoms with E-state index in [1.54, 1.807) is 19.3 Å². The average Bonchev–Trinajstić information content (AvgIpc) is 2.97. The number of rotatable bonds is 4. The molecule has 26 heavy (non-hydrogen) atoms. The van der Waals surface area contributed by atoms with Gasteiger partial charge in [-0.3, -0.25) is 4.79 Å². The van der Waals surface area contributed by atoms with Gasteiger partial charge in [-0.1, -0.05) is 12.1 Å². The number of aliphatic hydroxyl groups excluding tert-OH is 1. The lowest BCUT2D eigenvalue weighted by Gasteiger charge is -2.20. The molecule has 0 aliphatic heterocycles. The van der Waals surface area contributed by atoms with E-state index in [1.807, 2.05) is 45.0 Å².